The summed E-state index contributed by atoms with van der Waals surface area (Å²) in [7, 11) is 0. The van der Waals surface area contributed by atoms with Crippen molar-refractivity contribution in [1.29, 1.82) is 0 Å². The molecule has 1 aliphatic heterocycles. The molecule has 0 aliphatic carbocycles. The van der Waals surface area contributed by atoms with E-state index in [4.69, 9.17) is 11.6 Å². The highest BCUT2D eigenvalue weighted by molar-refractivity contribution is 9.10. The molecule has 104 valence electrons. The summed E-state index contributed by atoms with van der Waals surface area (Å²) in [5.41, 5.74) is 0.834. The zero-order chi connectivity index (χ0) is 14.2. The van der Waals surface area contributed by atoms with E-state index in [0.717, 1.165) is 21.5 Å². The Morgan fingerprint density at radius 3 is 2.79 bits per heavy atom. The minimum Gasteiger partial charge on any atom is -0.352 e. The summed E-state index contributed by atoms with van der Waals surface area (Å²) in [4.78, 5) is 11.8. The van der Waals surface area contributed by atoms with Crippen LogP contribution in [0.2, 0.25) is 5.02 Å². The maximum absolute atomic E-state index is 11.8. The molecule has 1 heterocycles. The highest BCUT2D eigenvalue weighted by atomic mass is 79.9. The normalized spacial score (nSPS) is 26.8. The van der Waals surface area contributed by atoms with Crippen LogP contribution >= 0.6 is 27.5 Å². The molecule has 1 aliphatic rings. The molecule has 2 unspecified atom stereocenters. The molecule has 0 saturated carbocycles. The number of halogens is 2. The Morgan fingerprint density at radius 2 is 2.21 bits per heavy atom. The molecule has 19 heavy (non-hydrogen) atoms. The van der Waals surface area contributed by atoms with Crippen molar-refractivity contribution >= 4 is 33.4 Å². The van der Waals surface area contributed by atoms with E-state index in [1.165, 1.54) is 0 Å². The van der Waals surface area contributed by atoms with Crippen molar-refractivity contribution in [1.82, 2.24) is 5.32 Å². The van der Waals surface area contributed by atoms with Crippen molar-refractivity contribution < 1.29 is 4.79 Å². The lowest BCUT2D eigenvalue weighted by Gasteiger charge is -2.32. The second-order valence-electron chi connectivity index (χ2n) is 5.97. The second-order valence-corrected chi connectivity index (χ2v) is 7.29. The molecule has 0 spiro atoms. The smallest absolute Gasteiger partial charge is 0.221 e. The Bertz CT molecular complexity index is 503. The van der Waals surface area contributed by atoms with Crippen LogP contribution in [0.1, 0.15) is 39.2 Å². The van der Waals surface area contributed by atoms with Gasteiger partial charge in [-0.05, 0) is 30.0 Å². The van der Waals surface area contributed by atoms with Gasteiger partial charge < -0.3 is 5.32 Å². The van der Waals surface area contributed by atoms with E-state index in [1.54, 1.807) is 0 Å². The fourth-order valence-corrected chi connectivity index (χ4v) is 3.78. The summed E-state index contributed by atoms with van der Waals surface area (Å²) >= 11 is 9.80. The number of carbonyl (C=O) groups excluding carboxylic acids is 1. The minimum atomic E-state index is -0.223. The largest absolute Gasteiger partial charge is 0.352 e. The average molecular weight is 345 g/mol. The van der Waals surface area contributed by atoms with Crippen LogP contribution in [0.3, 0.4) is 0 Å². The standard InChI is InChI=1S/C15H19BrClNO/c1-9(2)6-13-15(3,8-14(19)18-13)11-5-4-10(16)7-12(11)17/h4-5,7,9,13H,6,8H2,1-3H3,(H,18,19). The van der Waals surface area contributed by atoms with Crippen molar-refractivity contribution in [2.75, 3.05) is 0 Å². The van der Waals surface area contributed by atoms with Gasteiger partial charge in [-0.25, -0.2) is 0 Å². The van der Waals surface area contributed by atoms with Crippen LogP contribution in [0, 0.1) is 5.92 Å². The maximum Gasteiger partial charge on any atom is 0.221 e. The number of benzene rings is 1. The van der Waals surface area contributed by atoms with Gasteiger partial charge in [-0.3, -0.25) is 4.79 Å². The summed E-state index contributed by atoms with van der Waals surface area (Å²) < 4.78 is 0.961. The maximum atomic E-state index is 11.8. The van der Waals surface area contributed by atoms with Gasteiger partial charge in [0.2, 0.25) is 5.91 Å². The SMILES string of the molecule is CC(C)CC1NC(=O)CC1(C)c1ccc(Br)cc1Cl. The second kappa shape index (κ2) is 5.45. The summed E-state index contributed by atoms with van der Waals surface area (Å²) in [5.74, 6) is 0.657. The third-order valence-corrected chi connectivity index (χ3v) is 4.69. The van der Waals surface area contributed by atoms with E-state index >= 15 is 0 Å². The molecule has 2 nitrogen and oxygen atoms in total. The first-order valence-electron chi connectivity index (χ1n) is 6.58. The van der Waals surface area contributed by atoms with E-state index in [1.807, 2.05) is 18.2 Å². The summed E-state index contributed by atoms with van der Waals surface area (Å²) in [6, 6.07) is 6.07. The molecular formula is C15H19BrClNO. The summed E-state index contributed by atoms with van der Waals surface area (Å²) in [5, 5.41) is 3.83. The average Bonchev–Trinajstić information content (AvgIpc) is 2.53. The lowest BCUT2D eigenvalue weighted by atomic mass is 9.73. The Kier molecular flexibility index (Phi) is 4.26. The van der Waals surface area contributed by atoms with Gasteiger partial charge in [0, 0.05) is 27.4 Å². The lowest BCUT2D eigenvalue weighted by molar-refractivity contribution is -0.119. The van der Waals surface area contributed by atoms with Crippen LogP contribution in [0.5, 0.6) is 0 Å². The van der Waals surface area contributed by atoms with E-state index in [2.05, 4.69) is 42.0 Å². The molecule has 1 fully saturated rings. The number of carbonyl (C=O) groups is 1. The van der Waals surface area contributed by atoms with Crippen molar-refractivity contribution in [3.8, 4) is 0 Å². The number of nitrogens with one attached hydrogen (secondary N) is 1. The molecule has 1 aromatic carbocycles. The molecule has 1 saturated heterocycles. The van der Waals surface area contributed by atoms with Gasteiger partial charge in [0.1, 0.15) is 0 Å². The summed E-state index contributed by atoms with van der Waals surface area (Å²) in [6.45, 7) is 6.48. The van der Waals surface area contributed by atoms with E-state index in [-0.39, 0.29) is 17.4 Å². The molecule has 0 aromatic heterocycles. The molecule has 0 radical (unpaired) electrons. The quantitative estimate of drug-likeness (QED) is 0.870. The highest BCUT2D eigenvalue weighted by Gasteiger charge is 2.45. The van der Waals surface area contributed by atoms with Gasteiger partial charge >= 0.3 is 0 Å². The Hall–Kier alpha value is -0.540. The Labute approximate surface area is 128 Å². The van der Waals surface area contributed by atoms with Gasteiger partial charge in [0.25, 0.3) is 0 Å². The number of rotatable bonds is 3. The number of hydrogen-bond acceptors (Lipinski definition) is 1. The van der Waals surface area contributed by atoms with Crippen LogP contribution in [0.25, 0.3) is 0 Å². The molecule has 1 N–H and O–H groups in total. The minimum absolute atomic E-state index is 0.118. The van der Waals surface area contributed by atoms with Crippen LogP contribution in [-0.2, 0) is 10.2 Å². The zero-order valence-electron chi connectivity index (χ0n) is 11.5. The zero-order valence-corrected chi connectivity index (χ0v) is 13.8. The lowest BCUT2D eigenvalue weighted by Crippen LogP contribution is -2.39. The number of amides is 1. The molecule has 2 atom stereocenters. The van der Waals surface area contributed by atoms with Crippen molar-refractivity contribution in [2.24, 2.45) is 5.92 Å². The molecule has 4 heteroatoms. The Balaban J connectivity index is 2.40. The Morgan fingerprint density at radius 1 is 1.53 bits per heavy atom. The van der Waals surface area contributed by atoms with Crippen LogP contribution < -0.4 is 5.32 Å². The molecule has 2 rings (SSSR count). The molecule has 1 aromatic rings. The van der Waals surface area contributed by atoms with Crippen LogP contribution in [-0.4, -0.2) is 11.9 Å². The van der Waals surface area contributed by atoms with E-state index in [0.29, 0.717) is 12.3 Å². The van der Waals surface area contributed by atoms with E-state index in [9.17, 15) is 4.79 Å². The van der Waals surface area contributed by atoms with Crippen LogP contribution in [0.15, 0.2) is 22.7 Å². The topological polar surface area (TPSA) is 29.1 Å². The third-order valence-electron chi connectivity index (χ3n) is 3.89. The molecular weight excluding hydrogens is 326 g/mol. The predicted molar refractivity (Wildman–Crippen MR) is 82.5 cm³/mol. The predicted octanol–water partition coefficient (Wildman–Crippen LogP) is 4.29. The van der Waals surface area contributed by atoms with Gasteiger partial charge in [-0.2, -0.15) is 0 Å². The number of hydrogen-bond donors (Lipinski definition) is 1. The fraction of sp³-hybridized carbons (Fsp3) is 0.533. The van der Waals surface area contributed by atoms with Gasteiger partial charge in [0.05, 0.1) is 0 Å². The van der Waals surface area contributed by atoms with Gasteiger partial charge in [-0.1, -0.05) is 54.4 Å². The summed E-state index contributed by atoms with van der Waals surface area (Å²) in [6.07, 6.45) is 1.47. The molecule has 1 amide bonds. The van der Waals surface area contributed by atoms with Crippen molar-refractivity contribution in [3.63, 3.8) is 0 Å². The van der Waals surface area contributed by atoms with Crippen molar-refractivity contribution in [3.05, 3.63) is 33.3 Å². The highest BCUT2D eigenvalue weighted by Crippen LogP contribution is 2.42. The monoisotopic (exact) mass is 343 g/mol. The van der Waals surface area contributed by atoms with E-state index < -0.39 is 0 Å². The molecule has 0 bridgehead atoms. The third kappa shape index (κ3) is 2.97. The van der Waals surface area contributed by atoms with Gasteiger partial charge in [0.15, 0.2) is 0 Å². The first-order chi connectivity index (χ1) is 8.83. The fourth-order valence-electron chi connectivity index (χ4n) is 2.89. The first kappa shape index (κ1) is 14.9. The first-order valence-corrected chi connectivity index (χ1v) is 7.75. The van der Waals surface area contributed by atoms with Gasteiger partial charge in [-0.15, -0.1) is 0 Å². The van der Waals surface area contributed by atoms with Crippen molar-refractivity contribution in [2.45, 2.75) is 45.1 Å². The van der Waals surface area contributed by atoms with Crippen LogP contribution in [0.4, 0.5) is 0 Å².